The average Bonchev–Trinajstić information content (AvgIpc) is 2.99. The Morgan fingerprint density at radius 1 is 1.09 bits per heavy atom. The Hall–Kier alpha value is -1.67. The van der Waals surface area contributed by atoms with Crippen molar-refractivity contribution in [2.75, 3.05) is 0 Å². The van der Waals surface area contributed by atoms with Crippen molar-refractivity contribution >= 4 is 63.7 Å². The standard InChI is InChI=1S/C13H9Cl2N3O2S2/c14-7-3-4-8(9(15)6-7)11(19)17-18-13(21)16-12(20)10-2-1-5-22-10/h1-6H,(H,17,19)(H2,16,18,20,21). The number of hydrogen-bond donors (Lipinski definition) is 3. The van der Waals surface area contributed by atoms with Crippen molar-refractivity contribution in [1.82, 2.24) is 16.2 Å². The number of amides is 2. The average molecular weight is 374 g/mol. The molecule has 0 radical (unpaired) electrons. The van der Waals surface area contributed by atoms with E-state index in [0.717, 1.165) is 0 Å². The molecule has 1 aromatic carbocycles. The van der Waals surface area contributed by atoms with E-state index in [9.17, 15) is 9.59 Å². The van der Waals surface area contributed by atoms with E-state index in [1.807, 2.05) is 0 Å². The molecule has 2 amide bonds. The number of thiophene rings is 1. The molecular weight excluding hydrogens is 365 g/mol. The predicted octanol–water partition coefficient (Wildman–Crippen LogP) is 3.00. The van der Waals surface area contributed by atoms with Crippen LogP contribution in [0.3, 0.4) is 0 Å². The first kappa shape index (κ1) is 16.7. The highest BCUT2D eigenvalue weighted by atomic mass is 35.5. The van der Waals surface area contributed by atoms with Crippen LogP contribution < -0.4 is 16.2 Å². The van der Waals surface area contributed by atoms with Gasteiger partial charge in [0.05, 0.1) is 15.5 Å². The van der Waals surface area contributed by atoms with Gasteiger partial charge >= 0.3 is 0 Å². The van der Waals surface area contributed by atoms with Crippen molar-refractivity contribution in [3.05, 3.63) is 56.2 Å². The number of carbonyl (C=O) groups excluding carboxylic acids is 2. The summed E-state index contributed by atoms with van der Waals surface area (Å²) in [5.74, 6) is -0.860. The lowest BCUT2D eigenvalue weighted by molar-refractivity contribution is 0.0935. The molecule has 1 aromatic heterocycles. The molecule has 0 fully saturated rings. The number of benzene rings is 1. The minimum atomic E-state index is -0.505. The van der Waals surface area contributed by atoms with E-state index in [1.54, 1.807) is 23.6 Å². The lowest BCUT2D eigenvalue weighted by Crippen LogP contribution is -2.48. The summed E-state index contributed by atoms with van der Waals surface area (Å²) in [4.78, 5) is 24.2. The lowest BCUT2D eigenvalue weighted by atomic mass is 10.2. The van der Waals surface area contributed by atoms with Crippen LogP contribution in [0.5, 0.6) is 0 Å². The van der Waals surface area contributed by atoms with E-state index in [1.165, 1.54) is 23.5 Å². The fourth-order valence-corrected chi connectivity index (χ4v) is 2.72. The normalized spacial score (nSPS) is 9.91. The summed E-state index contributed by atoms with van der Waals surface area (Å²) in [7, 11) is 0. The number of carbonyl (C=O) groups is 2. The first-order valence-corrected chi connectivity index (χ1v) is 7.92. The highest BCUT2D eigenvalue weighted by Gasteiger charge is 2.12. The van der Waals surface area contributed by atoms with Crippen molar-refractivity contribution in [2.24, 2.45) is 0 Å². The highest BCUT2D eigenvalue weighted by Crippen LogP contribution is 2.20. The van der Waals surface area contributed by atoms with Gasteiger partial charge in [0, 0.05) is 5.02 Å². The van der Waals surface area contributed by atoms with E-state index in [4.69, 9.17) is 35.4 Å². The van der Waals surface area contributed by atoms with Crippen LogP contribution in [0.2, 0.25) is 10.0 Å². The molecule has 9 heteroatoms. The second kappa shape index (κ2) is 7.55. The van der Waals surface area contributed by atoms with Gasteiger partial charge in [-0.25, -0.2) is 0 Å². The van der Waals surface area contributed by atoms with Gasteiger partial charge < -0.3 is 0 Å². The third-order valence-corrected chi connectivity index (χ3v) is 4.06. The van der Waals surface area contributed by atoms with Crippen molar-refractivity contribution < 1.29 is 9.59 Å². The first-order valence-electron chi connectivity index (χ1n) is 5.87. The van der Waals surface area contributed by atoms with Crippen molar-refractivity contribution in [2.45, 2.75) is 0 Å². The van der Waals surface area contributed by atoms with Gasteiger partial charge in [-0.3, -0.25) is 25.8 Å². The molecular formula is C13H9Cl2N3O2S2. The summed E-state index contributed by atoms with van der Waals surface area (Å²) in [6.45, 7) is 0. The van der Waals surface area contributed by atoms with E-state index in [-0.39, 0.29) is 21.6 Å². The van der Waals surface area contributed by atoms with Crippen LogP contribution in [0.4, 0.5) is 0 Å². The molecule has 0 aliphatic heterocycles. The van der Waals surface area contributed by atoms with Crippen LogP contribution in [-0.2, 0) is 0 Å². The highest BCUT2D eigenvalue weighted by molar-refractivity contribution is 7.80. The minimum absolute atomic E-state index is 0.0307. The largest absolute Gasteiger partial charge is 0.297 e. The number of thiocarbonyl (C=S) groups is 1. The van der Waals surface area contributed by atoms with Crippen LogP contribution in [0.25, 0.3) is 0 Å². The lowest BCUT2D eigenvalue weighted by Gasteiger charge is -2.11. The SMILES string of the molecule is O=C(NC(=S)NNC(=O)c1ccc(Cl)cc1Cl)c1cccs1. The van der Waals surface area contributed by atoms with Gasteiger partial charge in [0.15, 0.2) is 5.11 Å². The minimum Gasteiger partial charge on any atom is -0.297 e. The monoisotopic (exact) mass is 373 g/mol. The molecule has 0 unspecified atom stereocenters. The molecule has 0 bridgehead atoms. The molecule has 22 heavy (non-hydrogen) atoms. The quantitative estimate of drug-likeness (QED) is 0.558. The zero-order chi connectivity index (χ0) is 16.1. The van der Waals surface area contributed by atoms with E-state index in [2.05, 4.69) is 16.2 Å². The number of halogens is 2. The second-order valence-corrected chi connectivity index (χ2v) is 6.16. The van der Waals surface area contributed by atoms with E-state index < -0.39 is 5.91 Å². The van der Waals surface area contributed by atoms with Crippen LogP contribution in [-0.4, -0.2) is 16.9 Å². The number of hydrogen-bond acceptors (Lipinski definition) is 4. The fourth-order valence-electron chi connectivity index (χ4n) is 1.46. The molecule has 3 N–H and O–H groups in total. The zero-order valence-electron chi connectivity index (χ0n) is 10.9. The molecule has 0 aliphatic rings. The molecule has 0 aliphatic carbocycles. The fraction of sp³-hybridized carbons (Fsp3) is 0. The molecule has 0 atom stereocenters. The summed E-state index contributed by atoms with van der Waals surface area (Å²) >= 11 is 17.9. The zero-order valence-corrected chi connectivity index (χ0v) is 14.0. The van der Waals surface area contributed by atoms with Gasteiger partial charge in [-0.15, -0.1) is 11.3 Å². The summed E-state index contributed by atoms with van der Waals surface area (Å²) < 4.78 is 0. The summed E-state index contributed by atoms with van der Waals surface area (Å²) in [5.41, 5.74) is 5.00. The van der Waals surface area contributed by atoms with Gasteiger partial charge in [0.25, 0.3) is 11.8 Å². The molecule has 2 rings (SSSR count). The maximum Gasteiger partial charge on any atom is 0.271 e. The third-order valence-electron chi connectivity index (χ3n) is 2.44. The van der Waals surface area contributed by atoms with Gasteiger partial charge in [0.2, 0.25) is 0 Å². The second-order valence-electron chi connectivity index (χ2n) is 3.96. The maximum absolute atomic E-state index is 11.9. The number of rotatable bonds is 2. The van der Waals surface area contributed by atoms with Crippen molar-refractivity contribution in [3.63, 3.8) is 0 Å². The Labute approximate surface area is 145 Å². The molecule has 0 saturated carbocycles. The molecule has 0 saturated heterocycles. The number of hydrazine groups is 1. The maximum atomic E-state index is 11.9. The van der Waals surface area contributed by atoms with Crippen molar-refractivity contribution in [1.29, 1.82) is 0 Å². The van der Waals surface area contributed by atoms with Crippen LogP contribution in [0.1, 0.15) is 20.0 Å². The van der Waals surface area contributed by atoms with E-state index in [0.29, 0.717) is 9.90 Å². The van der Waals surface area contributed by atoms with Crippen molar-refractivity contribution in [3.8, 4) is 0 Å². The Morgan fingerprint density at radius 2 is 1.86 bits per heavy atom. The van der Waals surface area contributed by atoms with Gasteiger partial charge in [0.1, 0.15) is 0 Å². The van der Waals surface area contributed by atoms with Crippen LogP contribution >= 0.6 is 46.8 Å². The molecule has 5 nitrogen and oxygen atoms in total. The Balaban J connectivity index is 1.88. The Bertz CT molecular complexity index is 720. The third kappa shape index (κ3) is 4.41. The predicted molar refractivity (Wildman–Crippen MR) is 91.4 cm³/mol. The smallest absolute Gasteiger partial charge is 0.271 e. The number of nitrogens with one attached hydrogen (secondary N) is 3. The molecule has 0 spiro atoms. The summed E-state index contributed by atoms with van der Waals surface area (Å²) in [6, 6.07) is 7.89. The first-order chi connectivity index (χ1) is 10.5. The van der Waals surface area contributed by atoms with Gasteiger partial charge in [-0.1, -0.05) is 29.3 Å². The molecule has 114 valence electrons. The van der Waals surface area contributed by atoms with Gasteiger partial charge in [-0.05, 0) is 41.9 Å². The molecule has 1 heterocycles. The van der Waals surface area contributed by atoms with E-state index >= 15 is 0 Å². The van der Waals surface area contributed by atoms with Crippen LogP contribution in [0.15, 0.2) is 35.7 Å². The summed E-state index contributed by atoms with van der Waals surface area (Å²) in [6.07, 6.45) is 0. The molecule has 2 aromatic rings. The topological polar surface area (TPSA) is 70.2 Å². The van der Waals surface area contributed by atoms with Crippen LogP contribution in [0, 0.1) is 0 Å². The summed E-state index contributed by atoms with van der Waals surface area (Å²) in [5, 5.41) is 4.81. The Kier molecular flexibility index (Phi) is 5.73. The van der Waals surface area contributed by atoms with Gasteiger partial charge in [-0.2, -0.15) is 0 Å². The Morgan fingerprint density at radius 3 is 2.50 bits per heavy atom.